The maximum Gasteiger partial charge on any atom is 0.267 e. The van der Waals surface area contributed by atoms with Crippen LogP contribution in [0.2, 0.25) is 0 Å². The number of carbonyl (C=O) groups excluding carboxylic acids is 1. The van der Waals surface area contributed by atoms with Crippen molar-refractivity contribution < 1.29 is 4.79 Å². The number of rotatable bonds is 6. The zero-order valence-corrected chi connectivity index (χ0v) is 18.3. The highest BCUT2D eigenvalue weighted by molar-refractivity contribution is 7.99. The molecule has 0 saturated carbocycles. The van der Waals surface area contributed by atoms with Crippen LogP contribution in [0.15, 0.2) is 94.7 Å². The molecule has 0 saturated heterocycles. The van der Waals surface area contributed by atoms with Gasteiger partial charge in [-0.2, -0.15) is 0 Å². The molecule has 0 aliphatic carbocycles. The lowest BCUT2D eigenvalue weighted by molar-refractivity contribution is 0.102. The van der Waals surface area contributed by atoms with Crippen LogP contribution >= 0.6 is 23.1 Å². The van der Waals surface area contributed by atoms with Crippen molar-refractivity contribution in [2.45, 2.75) is 16.7 Å². The van der Waals surface area contributed by atoms with Crippen molar-refractivity contribution in [2.24, 2.45) is 0 Å². The van der Waals surface area contributed by atoms with E-state index in [4.69, 9.17) is 0 Å². The van der Waals surface area contributed by atoms with E-state index in [2.05, 4.69) is 22.4 Å². The topological polar surface area (TPSA) is 45.2 Å². The molecule has 1 N–H and O–H groups in total. The van der Waals surface area contributed by atoms with Crippen molar-refractivity contribution in [3.8, 4) is 0 Å². The summed E-state index contributed by atoms with van der Waals surface area (Å²) in [6.45, 7) is 1.87. The second-order valence-corrected chi connectivity index (χ2v) is 8.76. The fraction of sp³-hybridized carbons (Fsp3) is 0.0833. The number of para-hydroxylation sites is 2. The third-order valence-electron chi connectivity index (χ3n) is 4.53. The monoisotopic (exact) mass is 431 g/mol. The minimum atomic E-state index is -0.140. The van der Waals surface area contributed by atoms with E-state index >= 15 is 0 Å². The zero-order valence-electron chi connectivity index (χ0n) is 16.7. The molecule has 0 atom stereocenters. The Hall–Kier alpha value is -3.09. The molecule has 30 heavy (non-hydrogen) atoms. The molecule has 0 fully saturated rings. The second kappa shape index (κ2) is 9.15. The quantitative estimate of drug-likeness (QED) is 0.372. The SMILES string of the molecule is Cc1nc(N(C)c2ccccc2)sc1C(=O)Nc1ccccc1Sc1ccccc1. The number of hydrogen-bond donors (Lipinski definition) is 1. The van der Waals surface area contributed by atoms with Crippen LogP contribution in [-0.4, -0.2) is 17.9 Å². The molecule has 0 spiro atoms. The number of hydrogen-bond acceptors (Lipinski definition) is 5. The smallest absolute Gasteiger partial charge is 0.267 e. The molecule has 150 valence electrons. The van der Waals surface area contributed by atoms with E-state index < -0.39 is 0 Å². The highest BCUT2D eigenvalue weighted by Gasteiger charge is 2.19. The molecular weight excluding hydrogens is 410 g/mol. The van der Waals surface area contributed by atoms with Gasteiger partial charge in [-0.3, -0.25) is 4.79 Å². The number of aromatic nitrogens is 1. The van der Waals surface area contributed by atoms with E-state index in [9.17, 15) is 4.79 Å². The zero-order chi connectivity index (χ0) is 20.9. The van der Waals surface area contributed by atoms with Crippen LogP contribution in [0.4, 0.5) is 16.5 Å². The van der Waals surface area contributed by atoms with E-state index in [0.717, 1.165) is 32.0 Å². The van der Waals surface area contributed by atoms with E-state index in [-0.39, 0.29) is 5.91 Å². The Morgan fingerprint density at radius 1 is 0.933 bits per heavy atom. The lowest BCUT2D eigenvalue weighted by Gasteiger charge is -2.15. The number of amides is 1. The summed E-state index contributed by atoms with van der Waals surface area (Å²) < 4.78 is 0. The lowest BCUT2D eigenvalue weighted by atomic mass is 10.3. The average molecular weight is 432 g/mol. The van der Waals surface area contributed by atoms with E-state index in [1.54, 1.807) is 11.8 Å². The number of carbonyl (C=O) groups is 1. The van der Waals surface area contributed by atoms with Crippen molar-refractivity contribution in [3.05, 3.63) is 95.5 Å². The first-order chi connectivity index (χ1) is 14.6. The summed E-state index contributed by atoms with van der Waals surface area (Å²) in [5.74, 6) is -0.140. The van der Waals surface area contributed by atoms with Crippen LogP contribution < -0.4 is 10.2 Å². The number of aryl methyl sites for hydroxylation is 1. The van der Waals surface area contributed by atoms with Gasteiger partial charge >= 0.3 is 0 Å². The first-order valence-electron chi connectivity index (χ1n) is 9.51. The van der Waals surface area contributed by atoms with Crippen molar-refractivity contribution in [1.82, 2.24) is 4.98 Å². The Morgan fingerprint density at radius 3 is 2.30 bits per heavy atom. The predicted octanol–water partition coefficient (Wildman–Crippen LogP) is 6.62. The Kier molecular flexibility index (Phi) is 6.16. The van der Waals surface area contributed by atoms with Gasteiger partial charge in [0.2, 0.25) is 0 Å². The van der Waals surface area contributed by atoms with Crippen LogP contribution in [0.5, 0.6) is 0 Å². The summed E-state index contributed by atoms with van der Waals surface area (Å²) in [5, 5.41) is 3.86. The summed E-state index contributed by atoms with van der Waals surface area (Å²) in [6.07, 6.45) is 0. The van der Waals surface area contributed by atoms with Gasteiger partial charge in [0.15, 0.2) is 5.13 Å². The van der Waals surface area contributed by atoms with Gasteiger partial charge in [0.25, 0.3) is 5.91 Å². The third-order valence-corrected chi connectivity index (χ3v) is 6.84. The molecule has 0 bridgehead atoms. The Labute approximate surface area is 184 Å². The van der Waals surface area contributed by atoms with E-state index in [1.165, 1.54) is 11.3 Å². The van der Waals surface area contributed by atoms with Crippen molar-refractivity contribution in [3.63, 3.8) is 0 Å². The normalized spacial score (nSPS) is 10.6. The number of nitrogens with zero attached hydrogens (tertiary/aromatic N) is 2. The molecule has 4 aromatic rings. The Morgan fingerprint density at radius 2 is 1.57 bits per heavy atom. The molecule has 4 nitrogen and oxygen atoms in total. The molecule has 4 rings (SSSR count). The van der Waals surface area contributed by atoms with Gasteiger partial charge in [0.1, 0.15) is 4.88 Å². The van der Waals surface area contributed by atoms with Crippen molar-refractivity contribution in [1.29, 1.82) is 0 Å². The van der Waals surface area contributed by atoms with Gasteiger partial charge in [-0.1, -0.05) is 71.6 Å². The minimum Gasteiger partial charge on any atom is -0.321 e. The third kappa shape index (κ3) is 4.56. The largest absolute Gasteiger partial charge is 0.321 e. The van der Waals surface area contributed by atoms with Gasteiger partial charge in [0.05, 0.1) is 11.4 Å². The first-order valence-corrected chi connectivity index (χ1v) is 11.1. The molecule has 0 aliphatic heterocycles. The van der Waals surface area contributed by atoms with Gasteiger partial charge in [-0.25, -0.2) is 4.98 Å². The summed E-state index contributed by atoms with van der Waals surface area (Å²) in [7, 11) is 1.96. The van der Waals surface area contributed by atoms with Gasteiger partial charge in [0, 0.05) is 22.5 Å². The van der Waals surface area contributed by atoms with Gasteiger partial charge in [-0.15, -0.1) is 0 Å². The standard InChI is InChI=1S/C24H21N3OS2/c1-17-22(30-24(25-17)27(2)18-11-5-3-6-12-18)23(28)26-20-15-9-10-16-21(20)29-19-13-7-4-8-14-19/h3-16H,1-2H3,(H,26,28). The number of nitrogens with one attached hydrogen (secondary N) is 1. The Balaban J connectivity index is 1.55. The first kappa shape index (κ1) is 20.2. The van der Waals surface area contributed by atoms with Gasteiger partial charge < -0.3 is 10.2 Å². The summed E-state index contributed by atoms with van der Waals surface area (Å²) in [4.78, 5) is 22.4. The fourth-order valence-corrected chi connectivity index (χ4v) is 4.82. The molecular formula is C24H21N3OS2. The summed E-state index contributed by atoms with van der Waals surface area (Å²) in [6, 6.07) is 28.0. The summed E-state index contributed by atoms with van der Waals surface area (Å²) >= 11 is 3.02. The van der Waals surface area contributed by atoms with Crippen molar-refractivity contribution >= 4 is 45.5 Å². The van der Waals surface area contributed by atoms with Crippen LogP contribution in [-0.2, 0) is 0 Å². The number of benzene rings is 3. The average Bonchev–Trinajstić information content (AvgIpc) is 3.17. The van der Waals surface area contributed by atoms with Crippen LogP contribution in [0, 0.1) is 6.92 Å². The maximum atomic E-state index is 13.0. The molecule has 1 aromatic heterocycles. The molecule has 0 unspecified atom stereocenters. The maximum absolute atomic E-state index is 13.0. The molecule has 0 aliphatic rings. The van der Waals surface area contributed by atoms with Gasteiger partial charge in [-0.05, 0) is 43.3 Å². The number of anilines is 3. The molecule has 1 amide bonds. The Bertz CT molecular complexity index is 1140. The van der Waals surface area contributed by atoms with Crippen LogP contribution in [0.25, 0.3) is 0 Å². The lowest BCUT2D eigenvalue weighted by Crippen LogP contribution is -2.12. The molecule has 0 radical (unpaired) electrons. The number of thiazole rings is 1. The molecule has 1 heterocycles. The highest BCUT2D eigenvalue weighted by Crippen LogP contribution is 2.35. The van der Waals surface area contributed by atoms with Crippen LogP contribution in [0.3, 0.4) is 0 Å². The van der Waals surface area contributed by atoms with E-state index in [1.807, 2.05) is 91.7 Å². The fourth-order valence-electron chi connectivity index (χ4n) is 2.95. The van der Waals surface area contributed by atoms with E-state index in [0.29, 0.717) is 4.88 Å². The predicted molar refractivity (Wildman–Crippen MR) is 126 cm³/mol. The van der Waals surface area contributed by atoms with Crippen LogP contribution in [0.1, 0.15) is 15.4 Å². The molecule has 6 heteroatoms. The summed E-state index contributed by atoms with van der Waals surface area (Å²) in [5.41, 5.74) is 2.55. The minimum absolute atomic E-state index is 0.140. The van der Waals surface area contributed by atoms with Crippen molar-refractivity contribution in [2.75, 3.05) is 17.3 Å². The highest BCUT2D eigenvalue weighted by atomic mass is 32.2. The molecule has 3 aromatic carbocycles. The second-order valence-electron chi connectivity index (χ2n) is 6.67.